The molecule has 25 heteroatoms. The van der Waals surface area contributed by atoms with Crippen LogP contribution in [0.5, 0.6) is 0 Å². The zero-order valence-corrected chi connectivity index (χ0v) is 34.0. The predicted octanol–water partition coefficient (Wildman–Crippen LogP) is 6.11. The zero-order chi connectivity index (χ0) is 45.3. The summed E-state index contributed by atoms with van der Waals surface area (Å²) < 4.78 is 45.0. The van der Waals surface area contributed by atoms with Gasteiger partial charge in [0.25, 0.3) is 0 Å². The Morgan fingerprint density at radius 2 is 0.922 bits per heavy atom. The first-order valence-corrected chi connectivity index (χ1v) is 20.1. The summed E-state index contributed by atoms with van der Waals surface area (Å²) in [5.41, 5.74) is 49.4. The normalized spacial score (nSPS) is 32.3. The molecule has 336 valence electrons. The Bertz CT molecular complexity index is 2190. The van der Waals surface area contributed by atoms with E-state index in [0.717, 1.165) is 16.7 Å². The standard InChI is InChI=1S/C39H45N15O10/c40-50-45-17-27-30(55)31(56)29(49-54-44)38(61-27)63-33-25(47-52-42)16-26(48-53-43)34(32(33)57)64-39-37(60-21-24-14-8-3-9-15-24)36(59-20-23-12-6-2-7-13-23)35(28(62-39)18-46-51-41)58-19-22-10-4-1-5-11-22/h1-15,25-39,55-57H,16-21H2/t25-,26+,27+,28+,29+,30+,31+,32-,33+,34-,35+,36-,37-,38+,39+/m0/s1. The predicted molar refractivity (Wildman–Crippen MR) is 222 cm³/mol. The summed E-state index contributed by atoms with van der Waals surface area (Å²) in [5.74, 6) is 0. The molecule has 1 saturated carbocycles. The van der Waals surface area contributed by atoms with E-state index < -0.39 is 98.3 Å². The second-order valence-corrected chi connectivity index (χ2v) is 14.8. The first-order chi connectivity index (χ1) is 31.3. The number of aliphatic hydroxyl groups is 3. The lowest BCUT2D eigenvalue weighted by Gasteiger charge is -2.49. The van der Waals surface area contributed by atoms with E-state index >= 15 is 0 Å². The topological polar surface area (TPSA) is 369 Å². The number of hydrogen-bond donors (Lipinski definition) is 3. The highest BCUT2D eigenvalue weighted by molar-refractivity contribution is 5.16. The second-order valence-electron chi connectivity index (χ2n) is 14.8. The molecule has 2 saturated heterocycles. The van der Waals surface area contributed by atoms with Crippen molar-refractivity contribution in [2.75, 3.05) is 13.1 Å². The van der Waals surface area contributed by atoms with Gasteiger partial charge in [-0.05, 0) is 50.8 Å². The van der Waals surface area contributed by atoms with Crippen molar-refractivity contribution in [2.24, 2.45) is 25.6 Å². The summed E-state index contributed by atoms with van der Waals surface area (Å²) in [6.07, 6.45) is -17.5. The molecule has 64 heavy (non-hydrogen) atoms. The summed E-state index contributed by atoms with van der Waals surface area (Å²) >= 11 is 0. The lowest BCUT2D eigenvalue weighted by molar-refractivity contribution is -0.344. The third kappa shape index (κ3) is 12.1. The molecular formula is C39H45N15O10. The molecule has 15 atom stereocenters. The zero-order valence-electron chi connectivity index (χ0n) is 34.0. The third-order valence-electron chi connectivity index (χ3n) is 10.8. The summed E-state index contributed by atoms with van der Waals surface area (Å²) in [5, 5.41) is 52.3. The lowest BCUT2D eigenvalue weighted by atomic mass is 9.84. The Labute approximate surface area is 364 Å². The van der Waals surface area contributed by atoms with Gasteiger partial charge in [0.2, 0.25) is 0 Å². The van der Waals surface area contributed by atoms with Crippen LogP contribution in [0.4, 0.5) is 0 Å². The SMILES string of the molecule is [N-]=[N+]=NC[C@H]1O[C@H](O[C@H]2[C@H](O)[C@@H](O[C@H]3O[C@H](CN=[N+]=[N-])[C@@H](OCc4ccccc4)[C@H](OCc4ccccc4)[C@@H]3OCc3ccccc3)[C@H](N=[N+]=[N-])C[C@@H]2N=[N+]=[N-])[C@H](N=[N+]=[N-])[C@@H](O)[C@@H]1O. The first kappa shape index (κ1) is 47.3. The minimum atomic E-state index is -1.86. The van der Waals surface area contributed by atoms with Gasteiger partial charge in [-0.25, -0.2) is 0 Å². The van der Waals surface area contributed by atoms with E-state index in [0.29, 0.717) is 0 Å². The van der Waals surface area contributed by atoms with E-state index in [1.54, 1.807) is 0 Å². The number of azide groups is 5. The number of ether oxygens (including phenoxy) is 7. The van der Waals surface area contributed by atoms with Crippen molar-refractivity contribution < 1.29 is 48.5 Å². The number of nitrogens with zero attached hydrogens (tertiary/aromatic N) is 15. The van der Waals surface area contributed by atoms with Crippen LogP contribution in [0.15, 0.2) is 117 Å². The van der Waals surface area contributed by atoms with E-state index in [4.69, 9.17) is 38.7 Å². The Balaban J connectivity index is 1.39. The van der Waals surface area contributed by atoms with Gasteiger partial charge in [0.05, 0.1) is 75.5 Å². The van der Waals surface area contributed by atoms with Crippen LogP contribution in [0.3, 0.4) is 0 Å². The smallest absolute Gasteiger partial charge is 0.187 e. The molecule has 2 heterocycles. The van der Waals surface area contributed by atoms with Crippen molar-refractivity contribution in [2.45, 2.75) is 118 Å². The third-order valence-corrected chi connectivity index (χ3v) is 10.8. The van der Waals surface area contributed by atoms with Gasteiger partial charge in [0.1, 0.15) is 36.6 Å². The molecule has 3 aromatic rings. The summed E-state index contributed by atoms with van der Waals surface area (Å²) in [6, 6.07) is 23.7. The van der Waals surface area contributed by atoms with Crippen LogP contribution >= 0.6 is 0 Å². The van der Waals surface area contributed by atoms with Crippen molar-refractivity contribution in [3.05, 3.63) is 160 Å². The quantitative estimate of drug-likeness (QED) is 0.0664. The van der Waals surface area contributed by atoms with Crippen LogP contribution in [0, 0.1) is 0 Å². The van der Waals surface area contributed by atoms with Gasteiger partial charge in [-0.3, -0.25) is 0 Å². The number of rotatable bonds is 20. The monoisotopic (exact) mass is 883 g/mol. The maximum Gasteiger partial charge on any atom is 0.187 e. The molecular weight excluding hydrogens is 839 g/mol. The van der Waals surface area contributed by atoms with Crippen LogP contribution in [0.25, 0.3) is 52.2 Å². The fourth-order valence-electron chi connectivity index (χ4n) is 7.77. The Kier molecular flexibility index (Phi) is 17.8. The molecule has 0 unspecified atom stereocenters. The average molecular weight is 884 g/mol. The fourth-order valence-corrected chi connectivity index (χ4v) is 7.77. The molecule has 0 amide bonds. The molecule has 3 aromatic carbocycles. The lowest BCUT2D eigenvalue weighted by Crippen LogP contribution is -2.65. The van der Waals surface area contributed by atoms with E-state index in [-0.39, 0.29) is 32.8 Å². The Morgan fingerprint density at radius 3 is 1.41 bits per heavy atom. The molecule has 3 fully saturated rings. The Morgan fingerprint density at radius 1 is 0.484 bits per heavy atom. The van der Waals surface area contributed by atoms with Crippen LogP contribution in [0.1, 0.15) is 23.1 Å². The summed E-state index contributed by atoms with van der Waals surface area (Å²) in [4.78, 5) is 14.2. The largest absolute Gasteiger partial charge is 0.390 e. The fraction of sp³-hybridized carbons (Fsp3) is 0.538. The molecule has 1 aliphatic carbocycles. The van der Waals surface area contributed by atoms with Gasteiger partial charge >= 0.3 is 0 Å². The molecule has 25 nitrogen and oxygen atoms in total. The molecule has 0 spiro atoms. The highest BCUT2D eigenvalue weighted by Gasteiger charge is 2.54. The van der Waals surface area contributed by atoms with E-state index in [1.165, 1.54) is 0 Å². The van der Waals surface area contributed by atoms with Gasteiger partial charge in [-0.1, -0.05) is 117 Å². The Hall–Kier alpha value is -6.19. The van der Waals surface area contributed by atoms with Gasteiger partial charge in [0.15, 0.2) is 12.6 Å². The van der Waals surface area contributed by atoms with E-state index in [2.05, 4.69) is 50.1 Å². The molecule has 2 aliphatic heterocycles. The molecule has 0 radical (unpaired) electrons. The number of aliphatic hydroxyl groups excluding tert-OH is 3. The second kappa shape index (κ2) is 24.0. The van der Waals surface area contributed by atoms with Crippen molar-refractivity contribution in [1.82, 2.24) is 0 Å². The van der Waals surface area contributed by atoms with Gasteiger partial charge in [0, 0.05) is 24.6 Å². The molecule has 0 aromatic heterocycles. The highest BCUT2D eigenvalue weighted by atomic mass is 16.7. The van der Waals surface area contributed by atoms with Crippen LogP contribution in [-0.2, 0) is 53.0 Å². The van der Waals surface area contributed by atoms with E-state index in [9.17, 15) is 37.4 Å². The minimum absolute atomic E-state index is 0.00897. The summed E-state index contributed by atoms with van der Waals surface area (Å²) in [6.45, 7) is -0.572. The van der Waals surface area contributed by atoms with Crippen LogP contribution in [0.2, 0.25) is 0 Å². The highest BCUT2D eigenvalue weighted by Crippen LogP contribution is 2.38. The van der Waals surface area contributed by atoms with Crippen LogP contribution in [-0.4, -0.2) is 120 Å². The minimum Gasteiger partial charge on any atom is -0.390 e. The molecule has 6 rings (SSSR count). The average Bonchev–Trinajstić information content (AvgIpc) is 3.32. The van der Waals surface area contributed by atoms with Crippen molar-refractivity contribution >= 4 is 0 Å². The maximum atomic E-state index is 12.2. The number of hydrogen-bond acceptors (Lipinski definition) is 15. The van der Waals surface area contributed by atoms with Crippen molar-refractivity contribution in [3.63, 3.8) is 0 Å². The van der Waals surface area contributed by atoms with Gasteiger partial charge < -0.3 is 48.5 Å². The van der Waals surface area contributed by atoms with Gasteiger partial charge in [-0.15, -0.1) is 0 Å². The summed E-state index contributed by atoms with van der Waals surface area (Å²) in [7, 11) is 0. The molecule has 0 bridgehead atoms. The first-order valence-electron chi connectivity index (χ1n) is 20.1. The molecule has 3 aliphatic rings. The maximum absolute atomic E-state index is 12.2. The number of benzene rings is 3. The molecule has 3 N–H and O–H groups in total. The van der Waals surface area contributed by atoms with Crippen molar-refractivity contribution in [1.29, 1.82) is 0 Å². The van der Waals surface area contributed by atoms with Gasteiger partial charge in [-0.2, -0.15) is 0 Å². The van der Waals surface area contributed by atoms with E-state index in [1.807, 2.05) is 91.0 Å². The van der Waals surface area contributed by atoms with Crippen molar-refractivity contribution in [3.8, 4) is 0 Å². The van der Waals surface area contributed by atoms with Crippen LogP contribution < -0.4 is 0 Å².